The van der Waals surface area contributed by atoms with Crippen LogP contribution in [0.25, 0.3) is 0 Å². The molecule has 2 rings (SSSR count). The number of Topliss-reactive ketones (excluding diaryl/α,β-unsaturated/α-hetero) is 1. The monoisotopic (exact) mass is 366 g/mol. The van der Waals surface area contributed by atoms with Gasteiger partial charge in [-0.2, -0.15) is 0 Å². The van der Waals surface area contributed by atoms with Crippen LogP contribution in [-0.4, -0.2) is 47.3 Å². The summed E-state index contributed by atoms with van der Waals surface area (Å²) in [7, 11) is 0. The van der Waals surface area contributed by atoms with Crippen LogP contribution >= 0.6 is 0 Å². The summed E-state index contributed by atoms with van der Waals surface area (Å²) < 4.78 is 4.96. The molecule has 7 nitrogen and oxygen atoms in total. The minimum Gasteiger partial charge on any atom is -0.456 e. The normalized spacial score (nSPS) is 28.2. The fourth-order valence-corrected chi connectivity index (χ4v) is 4.19. The van der Waals surface area contributed by atoms with Gasteiger partial charge in [0.15, 0.2) is 12.4 Å². The Morgan fingerprint density at radius 3 is 2.38 bits per heavy atom. The van der Waals surface area contributed by atoms with Gasteiger partial charge in [0.05, 0.1) is 0 Å². The first-order valence-corrected chi connectivity index (χ1v) is 9.09. The third kappa shape index (κ3) is 4.24. The number of hydrogen-bond acceptors (Lipinski definition) is 5. The highest BCUT2D eigenvalue weighted by Gasteiger charge is 2.56. The fourth-order valence-electron chi connectivity index (χ4n) is 4.19. The maximum atomic E-state index is 12.9. The molecular weight excluding hydrogens is 336 g/mol. The lowest BCUT2D eigenvalue weighted by molar-refractivity contribution is -0.152. The molecule has 1 aliphatic heterocycles. The zero-order valence-electron chi connectivity index (χ0n) is 16.6. The molecule has 2 atom stereocenters. The first-order valence-electron chi connectivity index (χ1n) is 9.09. The van der Waals surface area contributed by atoms with Crippen LogP contribution in [0.4, 0.5) is 4.79 Å². The maximum absolute atomic E-state index is 12.9. The maximum Gasteiger partial charge on any atom is 0.326 e. The third-order valence-corrected chi connectivity index (χ3v) is 5.11. The van der Waals surface area contributed by atoms with Gasteiger partial charge in [-0.3, -0.25) is 19.3 Å². The van der Waals surface area contributed by atoms with Crippen molar-refractivity contribution in [3.8, 4) is 0 Å². The van der Waals surface area contributed by atoms with E-state index in [4.69, 9.17) is 4.74 Å². The van der Waals surface area contributed by atoms with Crippen LogP contribution in [0.1, 0.15) is 60.8 Å². The molecule has 0 bridgehead atoms. The second-order valence-corrected chi connectivity index (χ2v) is 9.59. The van der Waals surface area contributed by atoms with Gasteiger partial charge in [-0.1, -0.05) is 41.5 Å². The second kappa shape index (κ2) is 6.67. The zero-order chi connectivity index (χ0) is 19.9. The van der Waals surface area contributed by atoms with Crippen molar-refractivity contribution in [2.24, 2.45) is 16.7 Å². The fraction of sp³-hybridized carbons (Fsp3) is 0.789. The Labute approximate surface area is 154 Å². The molecule has 2 aliphatic rings. The van der Waals surface area contributed by atoms with Gasteiger partial charge < -0.3 is 10.1 Å². The topological polar surface area (TPSA) is 92.8 Å². The molecule has 1 aliphatic carbocycles. The van der Waals surface area contributed by atoms with E-state index in [9.17, 15) is 19.2 Å². The average Bonchev–Trinajstić information content (AvgIpc) is 2.65. The third-order valence-electron chi connectivity index (χ3n) is 5.11. The van der Waals surface area contributed by atoms with Gasteiger partial charge in [-0.05, 0) is 30.6 Å². The van der Waals surface area contributed by atoms with Crippen LogP contribution in [-0.2, 0) is 19.1 Å². The summed E-state index contributed by atoms with van der Waals surface area (Å²) in [6.07, 6.45) is 2.09. The number of amides is 3. The van der Waals surface area contributed by atoms with E-state index in [0.29, 0.717) is 18.8 Å². The number of nitrogens with zero attached hydrogens (tertiary/aromatic N) is 1. The molecule has 2 fully saturated rings. The summed E-state index contributed by atoms with van der Waals surface area (Å²) in [4.78, 5) is 50.1. The van der Waals surface area contributed by atoms with Gasteiger partial charge in [-0.15, -0.1) is 0 Å². The van der Waals surface area contributed by atoms with Crippen molar-refractivity contribution in [1.82, 2.24) is 10.2 Å². The number of imide groups is 1. The lowest BCUT2D eigenvalue weighted by atomic mass is 9.64. The number of ketones is 1. The number of hydrogen-bond donors (Lipinski definition) is 1. The van der Waals surface area contributed by atoms with Crippen LogP contribution in [0.3, 0.4) is 0 Å². The summed E-state index contributed by atoms with van der Waals surface area (Å²) in [5.41, 5.74) is -1.63. The first kappa shape index (κ1) is 20.4. The van der Waals surface area contributed by atoms with Gasteiger partial charge in [0.25, 0.3) is 5.91 Å². The molecule has 1 saturated heterocycles. The first-order chi connectivity index (χ1) is 11.8. The van der Waals surface area contributed by atoms with Crippen molar-refractivity contribution in [2.45, 2.75) is 66.3 Å². The van der Waals surface area contributed by atoms with Crippen molar-refractivity contribution in [3.63, 3.8) is 0 Å². The molecule has 26 heavy (non-hydrogen) atoms. The summed E-state index contributed by atoms with van der Waals surface area (Å²) >= 11 is 0. The van der Waals surface area contributed by atoms with Gasteiger partial charge in [0.1, 0.15) is 12.1 Å². The molecule has 0 aromatic carbocycles. The molecular formula is C19H30N2O5. The molecule has 146 valence electrons. The predicted molar refractivity (Wildman–Crippen MR) is 95.2 cm³/mol. The van der Waals surface area contributed by atoms with Gasteiger partial charge in [0, 0.05) is 5.41 Å². The van der Waals surface area contributed by atoms with Crippen molar-refractivity contribution in [1.29, 1.82) is 0 Å². The number of esters is 1. The standard InChI is InChI=1S/C19H30N2O5/c1-12-7-18(5,6)11-19(8-12)15(24)21(16(25)20-19)9-14(23)26-10-13(22)17(2,3)4/h12H,7-11H2,1-6H3,(H,20,25). The van der Waals surface area contributed by atoms with Crippen molar-refractivity contribution in [2.75, 3.05) is 13.2 Å². The van der Waals surface area contributed by atoms with E-state index in [2.05, 4.69) is 26.1 Å². The van der Waals surface area contributed by atoms with E-state index < -0.39 is 29.5 Å². The van der Waals surface area contributed by atoms with E-state index >= 15 is 0 Å². The van der Waals surface area contributed by atoms with Crippen LogP contribution in [0.15, 0.2) is 0 Å². The molecule has 7 heteroatoms. The zero-order valence-corrected chi connectivity index (χ0v) is 16.6. The largest absolute Gasteiger partial charge is 0.456 e. The molecule has 1 heterocycles. The van der Waals surface area contributed by atoms with E-state index in [1.165, 1.54) is 0 Å². The lowest BCUT2D eigenvalue weighted by Gasteiger charge is -2.43. The highest BCUT2D eigenvalue weighted by atomic mass is 16.5. The Bertz CT molecular complexity index is 634. The van der Waals surface area contributed by atoms with E-state index in [0.717, 1.165) is 11.3 Å². The lowest BCUT2D eigenvalue weighted by Crippen LogP contribution is -2.54. The summed E-state index contributed by atoms with van der Waals surface area (Å²) in [5.74, 6) is -1.06. The van der Waals surface area contributed by atoms with Gasteiger partial charge in [-0.25, -0.2) is 4.79 Å². The van der Waals surface area contributed by atoms with Crippen LogP contribution < -0.4 is 5.32 Å². The molecule has 1 N–H and O–H groups in total. The minimum atomic E-state index is -0.945. The highest BCUT2D eigenvalue weighted by molar-refractivity contribution is 6.08. The molecule has 0 aromatic rings. The smallest absolute Gasteiger partial charge is 0.326 e. The van der Waals surface area contributed by atoms with Gasteiger partial charge >= 0.3 is 12.0 Å². The summed E-state index contributed by atoms with van der Waals surface area (Å²) in [5, 5.41) is 2.81. The summed E-state index contributed by atoms with van der Waals surface area (Å²) in [6, 6.07) is -0.570. The number of carbonyl (C=O) groups excluding carboxylic acids is 4. The summed E-state index contributed by atoms with van der Waals surface area (Å²) in [6.45, 7) is 10.6. The SMILES string of the molecule is CC1CC(C)(C)CC2(C1)NC(=O)N(CC(=O)OCC(=O)C(C)(C)C)C2=O. The number of nitrogens with one attached hydrogen (secondary N) is 1. The van der Waals surface area contributed by atoms with Crippen LogP contribution in [0.5, 0.6) is 0 Å². The molecule has 2 unspecified atom stereocenters. The Hall–Kier alpha value is -1.92. The quantitative estimate of drug-likeness (QED) is 0.609. The Morgan fingerprint density at radius 1 is 1.23 bits per heavy atom. The van der Waals surface area contributed by atoms with E-state index in [1.807, 2.05) is 0 Å². The molecule has 0 aromatic heterocycles. The van der Waals surface area contributed by atoms with Crippen molar-refractivity contribution < 1.29 is 23.9 Å². The van der Waals surface area contributed by atoms with E-state index in [1.54, 1.807) is 20.8 Å². The van der Waals surface area contributed by atoms with Crippen molar-refractivity contribution >= 4 is 23.7 Å². The number of rotatable bonds is 4. The van der Waals surface area contributed by atoms with Crippen LogP contribution in [0.2, 0.25) is 0 Å². The Kier molecular flexibility index (Phi) is 5.23. The Morgan fingerprint density at radius 2 is 1.85 bits per heavy atom. The molecule has 0 radical (unpaired) electrons. The average molecular weight is 366 g/mol. The highest BCUT2D eigenvalue weighted by Crippen LogP contribution is 2.46. The molecule has 1 spiro atoms. The molecule has 3 amide bonds. The van der Waals surface area contributed by atoms with Gasteiger partial charge in [0.2, 0.25) is 0 Å². The number of urea groups is 1. The predicted octanol–water partition coefficient (Wildman–Crippen LogP) is 2.28. The van der Waals surface area contributed by atoms with Crippen molar-refractivity contribution in [3.05, 3.63) is 0 Å². The molecule has 1 saturated carbocycles. The Balaban J connectivity index is 2.03. The minimum absolute atomic E-state index is 0.0732. The number of carbonyl (C=O) groups is 4. The van der Waals surface area contributed by atoms with Crippen LogP contribution in [0, 0.1) is 16.7 Å². The number of ether oxygens (including phenoxy) is 1. The second-order valence-electron chi connectivity index (χ2n) is 9.59. The van der Waals surface area contributed by atoms with E-state index in [-0.39, 0.29) is 23.7 Å².